The van der Waals surface area contributed by atoms with Gasteiger partial charge < -0.3 is 0 Å². The monoisotopic (exact) mass is 231 g/mol. The Morgan fingerprint density at radius 2 is 1.43 bits per heavy atom. The highest BCUT2D eigenvalue weighted by Crippen LogP contribution is 2.12. The lowest BCUT2D eigenvalue weighted by atomic mass is 10.2. The van der Waals surface area contributed by atoms with Gasteiger partial charge in [-0.1, -0.05) is 30.5 Å². The molecule has 80 valence electrons. The van der Waals surface area contributed by atoms with Crippen molar-refractivity contribution in [3.05, 3.63) is 47.5 Å². The minimum atomic E-state index is 0.826. The van der Waals surface area contributed by atoms with Gasteiger partial charge in [-0.05, 0) is 44.2 Å². The zero-order valence-electron chi connectivity index (χ0n) is 8.97. The average molecular weight is 232 g/mol. The Balaban J connectivity index is 0. The highest BCUT2D eigenvalue weighted by atomic mass is 35.5. The van der Waals surface area contributed by atoms with E-state index in [2.05, 4.69) is 36.8 Å². The van der Waals surface area contributed by atoms with Crippen LogP contribution in [0.1, 0.15) is 11.1 Å². The molecule has 14 heavy (non-hydrogen) atoms. The normalized spacial score (nSPS) is 7.79. The number of halogens is 1. The van der Waals surface area contributed by atoms with Gasteiger partial charge in [-0.2, -0.15) is 0 Å². The zero-order chi connectivity index (χ0) is 11.6. The first kappa shape index (κ1) is 16.0. The Bertz CT molecular complexity index is 201. The van der Waals surface area contributed by atoms with Crippen molar-refractivity contribution >= 4 is 24.4 Å². The minimum Gasteiger partial charge on any atom is -0.270 e. The maximum absolute atomic E-state index is 5.75. The molecule has 0 fully saturated rings. The Hall–Kier alpha value is -0.440. The van der Waals surface area contributed by atoms with Gasteiger partial charge >= 0.3 is 0 Å². The maximum atomic E-state index is 5.75. The van der Waals surface area contributed by atoms with E-state index in [1.165, 1.54) is 11.1 Å². The molecule has 0 heterocycles. The molecule has 1 nitrogen and oxygen atoms in total. The van der Waals surface area contributed by atoms with Crippen molar-refractivity contribution in [2.75, 3.05) is 7.05 Å². The molecule has 0 aromatic heterocycles. The fraction of sp³-hybridized carbons (Fsp3) is 0.273. The molecule has 0 aliphatic heterocycles. The van der Waals surface area contributed by atoms with Crippen LogP contribution in [0.4, 0.5) is 0 Å². The van der Waals surface area contributed by atoms with Crippen LogP contribution in [0.3, 0.4) is 0 Å². The maximum Gasteiger partial charge on any atom is 0.0411 e. The number of benzene rings is 1. The van der Waals surface area contributed by atoms with Gasteiger partial charge in [0.05, 0.1) is 0 Å². The molecule has 0 saturated carbocycles. The van der Waals surface area contributed by atoms with E-state index < -0.39 is 0 Å². The molecule has 0 amide bonds. The zero-order valence-corrected chi connectivity index (χ0v) is 10.6. The number of hydrogen-bond acceptors (Lipinski definition) is 2. The van der Waals surface area contributed by atoms with E-state index >= 15 is 0 Å². The molecule has 1 aromatic carbocycles. The summed E-state index contributed by atoms with van der Waals surface area (Å²) in [5.41, 5.74) is 2.44. The lowest BCUT2D eigenvalue weighted by molar-refractivity contribution is 1.32. The van der Waals surface area contributed by atoms with Gasteiger partial charge in [0, 0.05) is 5.02 Å². The average Bonchev–Trinajstić information content (AvgIpc) is 2.06. The van der Waals surface area contributed by atoms with Crippen molar-refractivity contribution in [1.82, 2.24) is 4.72 Å². The largest absolute Gasteiger partial charge is 0.270 e. The van der Waals surface area contributed by atoms with Crippen LogP contribution in [0.2, 0.25) is 5.02 Å². The molecule has 0 unspecified atom stereocenters. The second-order valence-electron chi connectivity index (χ2n) is 2.53. The van der Waals surface area contributed by atoms with Crippen LogP contribution in [0.5, 0.6) is 0 Å². The van der Waals surface area contributed by atoms with Gasteiger partial charge in [-0.3, -0.25) is 4.72 Å². The van der Waals surface area contributed by atoms with Crippen LogP contribution in [-0.2, 0) is 0 Å². The number of nitrogens with one attached hydrogen (secondary N) is 1. The van der Waals surface area contributed by atoms with Gasteiger partial charge in [-0.25, -0.2) is 0 Å². The molecule has 3 heteroatoms. The predicted octanol–water partition coefficient (Wildman–Crippen LogP) is 3.81. The van der Waals surface area contributed by atoms with Gasteiger partial charge in [-0.15, -0.1) is 13.2 Å². The second kappa shape index (κ2) is 10.6. The highest BCUT2D eigenvalue weighted by molar-refractivity contribution is 7.78. The molecule has 0 radical (unpaired) electrons. The van der Waals surface area contributed by atoms with Gasteiger partial charge in [0.1, 0.15) is 0 Å². The molecule has 0 aliphatic carbocycles. The lowest BCUT2D eigenvalue weighted by Gasteiger charge is -1.95. The summed E-state index contributed by atoms with van der Waals surface area (Å²) in [7, 11) is 1.74. The Labute approximate surface area is 97.7 Å². The summed E-state index contributed by atoms with van der Waals surface area (Å²) in [5, 5.41) is 0.826. The number of aryl methyl sites for hydroxylation is 2. The Kier molecular flexibility index (Phi) is 12.2. The number of thiol groups is 1. The van der Waals surface area contributed by atoms with Crippen molar-refractivity contribution in [3.63, 3.8) is 0 Å². The van der Waals surface area contributed by atoms with E-state index in [-0.39, 0.29) is 0 Å². The van der Waals surface area contributed by atoms with Crippen LogP contribution < -0.4 is 4.72 Å². The summed E-state index contributed by atoms with van der Waals surface area (Å²) in [6.45, 7) is 10.1. The summed E-state index contributed by atoms with van der Waals surface area (Å²) < 4.78 is 2.44. The van der Waals surface area contributed by atoms with Crippen LogP contribution in [0.15, 0.2) is 31.4 Å². The van der Waals surface area contributed by atoms with Crippen LogP contribution >= 0.6 is 24.4 Å². The molecule has 1 aromatic rings. The molecule has 0 saturated heterocycles. The summed E-state index contributed by atoms with van der Waals surface area (Å²) in [6, 6.07) is 6.01. The minimum absolute atomic E-state index is 0.826. The smallest absolute Gasteiger partial charge is 0.0411 e. The van der Waals surface area contributed by atoms with Gasteiger partial charge in [0.25, 0.3) is 0 Å². The topological polar surface area (TPSA) is 12.0 Å². The standard InChI is InChI=1S/C8H9Cl.C2H4.CH5NS/c1-6-3-7(2)5-8(9)4-6;1-2;1-2-3/h3-5H,1-2H3;1-2H2;2-3H,1H3. The first-order valence-corrected chi connectivity index (χ1v) is 4.97. The van der Waals surface area contributed by atoms with E-state index in [0.29, 0.717) is 0 Å². The van der Waals surface area contributed by atoms with Crippen molar-refractivity contribution < 1.29 is 0 Å². The SMILES string of the molecule is C=C.CNS.Cc1cc(C)cc(Cl)c1. The fourth-order valence-corrected chi connectivity index (χ4v) is 1.26. The molecule has 0 bridgehead atoms. The Morgan fingerprint density at radius 3 is 1.64 bits per heavy atom. The first-order chi connectivity index (χ1) is 6.60. The van der Waals surface area contributed by atoms with Crippen molar-refractivity contribution in [3.8, 4) is 0 Å². The van der Waals surface area contributed by atoms with E-state index in [1.54, 1.807) is 7.05 Å². The summed E-state index contributed by atoms with van der Waals surface area (Å²) in [4.78, 5) is 0. The number of hydrogen-bond donors (Lipinski definition) is 2. The third kappa shape index (κ3) is 9.65. The summed E-state index contributed by atoms with van der Waals surface area (Å²) in [5.74, 6) is 0. The molecule has 1 rings (SSSR count). The highest BCUT2D eigenvalue weighted by Gasteiger charge is 1.89. The molecule has 1 N–H and O–H groups in total. The Morgan fingerprint density at radius 1 is 1.14 bits per heavy atom. The van der Waals surface area contributed by atoms with Gasteiger partial charge in [0.15, 0.2) is 0 Å². The van der Waals surface area contributed by atoms with E-state index in [0.717, 1.165) is 5.02 Å². The van der Waals surface area contributed by atoms with Crippen LogP contribution in [0.25, 0.3) is 0 Å². The molecular formula is C11H18ClNS. The second-order valence-corrected chi connectivity index (χ2v) is 3.41. The fourth-order valence-electron chi connectivity index (χ4n) is 0.919. The third-order valence-corrected chi connectivity index (χ3v) is 1.40. The van der Waals surface area contributed by atoms with Crippen molar-refractivity contribution in [2.24, 2.45) is 0 Å². The van der Waals surface area contributed by atoms with E-state index in [1.807, 2.05) is 26.0 Å². The number of rotatable bonds is 0. The van der Waals surface area contributed by atoms with Crippen molar-refractivity contribution in [1.29, 1.82) is 0 Å². The first-order valence-electron chi connectivity index (χ1n) is 4.14. The third-order valence-electron chi connectivity index (χ3n) is 1.19. The quantitative estimate of drug-likeness (QED) is 0.511. The summed E-state index contributed by atoms with van der Waals surface area (Å²) >= 11 is 9.29. The lowest BCUT2D eigenvalue weighted by Crippen LogP contribution is -1.76. The molecule has 0 spiro atoms. The van der Waals surface area contributed by atoms with E-state index in [9.17, 15) is 0 Å². The molecule has 0 atom stereocenters. The van der Waals surface area contributed by atoms with Crippen molar-refractivity contribution in [2.45, 2.75) is 13.8 Å². The molecular weight excluding hydrogens is 214 g/mol. The summed E-state index contributed by atoms with van der Waals surface area (Å²) in [6.07, 6.45) is 0. The van der Waals surface area contributed by atoms with Crippen LogP contribution in [-0.4, -0.2) is 7.05 Å². The molecule has 0 aliphatic rings. The van der Waals surface area contributed by atoms with Gasteiger partial charge in [0.2, 0.25) is 0 Å². The van der Waals surface area contributed by atoms with E-state index in [4.69, 9.17) is 11.6 Å². The van der Waals surface area contributed by atoms with Crippen LogP contribution in [0, 0.1) is 13.8 Å². The predicted molar refractivity (Wildman–Crippen MR) is 70.2 cm³/mol.